The van der Waals surface area contributed by atoms with E-state index in [4.69, 9.17) is 5.11 Å². The minimum absolute atomic E-state index is 0.0479. The molecule has 2 heterocycles. The molecule has 1 aliphatic heterocycles. The molecule has 116 valence electrons. The van der Waals surface area contributed by atoms with Crippen LogP contribution in [-0.2, 0) is 4.79 Å². The number of nitrogens with zero attached hydrogens (tertiary/aromatic N) is 4. The molecule has 1 saturated heterocycles. The van der Waals surface area contributed by atoms with Crippen molar-refractivity contribution in [3.63, 3.8) is 0 Å². The van der Waals surface area contributed by atoms with Crippen LogP contribution in [-0.4, -0.2) is 58.3 Å². The average Bonchev–Trinajstić information content (AvgIpc) is 2.63. The van der Waals surface area contributed by atoms with Gasteiger partial charge in [0.15, 0.2) is 5.82 Å². The summed E-state index contributed by atoms with van der Waals surface area (Å²) < 4.78 is 1.67. The van der Waals surface area contributed by atoms with Crippen molar-refractivity contribution in [1.29, 1.82) is 0 Å². The molecule has 0 unspecified atom stereocenters. The summed E-state index contributed by atoms with van der Waals surface area (Å²) in [5, 5.41) is 8.86. The molecule has 1 aromatic rings. The first kappa shape index (κ1) is 15.5. The molecule has 0 aliphatic carbocycles. The van der Waals surface area contributed by atoms with Crippen molar-refractivity contribution in [1.82, 2.24) is 14.5 Å². The van der Waals surface area contributed by atoms with Gasteiger partial charge in [0.25, 0.3) is 5.56 Å². The molecule has 0 bridgehead atoms. The van der Waals surface area contributed by atoms with Crippen molar-refractivity contribution in [2.75, 3.05) is 37.6 Å². The van der Waals surface area contributed by atoms with E-state index in [9.17, 15) is 9.59 Å². The molecule has 2 rings (SSSR count). The van der Waals surface area contributed by atoms with Gasteiger partial charge in [0.05, 0.1) is 6.54 Å². The summed E-state index contributed by atoms with van der Waals surface area (Å²) in [6.45, 7) is 6.67. The van der Waals surface area contributed by atoms with Crippen LogP contribution in [0, 0.1) is 0 Å². The van der Waals surface area contributed by atoms with E-state index < -0.39 is 5.97 Å². The van der Waals surface area contributed by atoms with Crippen molar-refractivity contribution in [2.24, 2.45) is 0 Å². The van der Waals surface area contributed by atoms with Crippen molar-refractivity contribution < 1.29 is 9.90 Å². The van der Waals surface area contributed by atoms with Crippen LogP contribution in [0.5, 0.6) is 0 Å². The molecule has 1 aliphatic rings. The zero-order valence-corrected chi connectivity index (χ0v) is 12.5. The molecular formula is C14H22N4O3. The fourth-order valence-electron chi connectivity index (χ4n) is 2.57. The Bertz CT molecular complexity index is 555. The van der Waals surface area contributed by atoms with Gasteiger partial charge in [-0.2, -0.15) is 0 Å². The highest BCUT2D eigenvalue weighted by atomic mass is 16.4. The minimum atomic E-state index is -0.816. The number of carboxylic acids is 1. The molecule has 1 aromatic heterocycles. The molecule has 21 heavy (non-hydrogen) atoms. The number of carboxylic acid groups (broad SMARTS) is 1. The van der Waals surface area contributed by atoms with E-state index >= 15 is 0 Å². The third kappa shape index (κ3) is 3.81. The molecule has 7 nitrogen and oxygen atoms in total. The first-order valence-electron chi connectivity index (χ1n) is 7.25. The van der Waals surface area contributed by atoms with E-state index in [2.05, 4.69) is 4.98 Å². The second-order valence-electron chi connectivity index (χ2n) is 5.57. The van der Waals surface area contributed by atoms with Crippen LogP contribution in [0.3, 0.4) is 0 Å². The largest absolute Gasteiger partial charge is 0.480 e. The summed E-state index contributed by atoms with van der Waals surface area (Å²) in [5.74, 6) is -0.355. The number of aromatic nitrogens is 2. The Hall–Kier alpha value is -1.89. The molecule has 7 heteroatoms. The number of anilines is 1. The molecule has 1 fully saturated rings. The van der Waals surface area contributed by atoms with Crippen LogP contribution >= 0.6 is 0 Å². The third-order valence-electron chi connectivity index (χ3n) is 3.65. The highest BCUT2D eigenvalue weighted by Gasteiger charge is 2.20. The summed E-state index contributed by atoms with van der Waals surface area (Å²) in [6.07, 6.45) is 4.17. The first-order chi connectivity index (χ1) is 9.99. The van der Waals surface area contributed by atoms with Gasteiger partial charge in [0.2, 0.25) is 0 Å². The molecular weight excluding hydrogens is 272 g/mol. The third-order valence-corrected chi connectivity index (χ3v) is 3.65. The van der Waals surface area contributed by atoms with Crippen molar-refractivity contribution >= 4 is 11.8 Å². The van der Waals surface area contributed by atoms with Gasteiger partial charge in [-0.05, 0) is 20.3 Å². The Morgan fingerprint density at radius 1 is 1.33 bits per heavy atom. The smallest absolute Gasteiger partial charge is 0.317 e. The fraction of sp³-hybridized carbons (Fsp3) is 0.643. The van der Waals surface area contributed by atoms with Gasteiger partial charge < -0.3 is 14.6 Å². The summed E-state index contributed by atoms with van der Waals surface area (Å²) in [5.41, 5.74) is -0.0841. The van der Waals surface area contributed by atoms with Crippen molar-refractivity contribution in [2.45, 2.75) is 26.3 Å². The monoisotopic (exact) mass is 294 g/mol. The quantitative estimate of drug-likeness (QED) is 0.867. The second kappa shape index (κ2) is 6.71. The maximum absolute atomic E-state index is 12.4. The Labute approximate surface area is 123 Å². The van der Waals surface area contributed by atoms with Crippen LogP contribution in [0.4, 0.5) is 5.82 Å². The van der Waals surface area contributed by atoms with Crippen LogP contribution in [0.1, 0.15) is 26.3 Å². The zero-order chi connectivity index (χ0) is 15.4. The SMILES string of the molecule is CC(C)n1ccnc(N2CCCN(CC(=O)O)CC2)c1=O. The number of aliphatic carboxylic acids is 1. The van der Waals surface area contributed by atoms with Crippen molar-refractivity contribution in [3.05, 3.63) is 22.7 Å². The van der Waals surface area contributed by atoms with Gasteiger partial charge in [-0.25, -0.2) is 4.98 Å². The molecule has 1 N–H and O–H groups in total. The van der Waals surface area contributed by atoms with Crippen LogP contribution in [0.2, 0.25) is 0 Å². The van der Waals surface area contributed by atoms with Crippen LogP contribution < -0.4 is 10.5 Å². The lowest BCUT2D eigenvalue weighted by Crippen LogP contribution is -2.37. The predicted octanol–water partition coefficient (Wildman–Crippen LogP) is 0.421. The lowest BCUT2D eigenvalue weighted by atomic mass is 10.3. The van der Waals surface area contributed by atoms with E-state index in [1.54, 1.807) is 17.0 Å². The van der Waals surface area contributed by atoms with E-state index in [1.807, 2.05) is 23.6 Å². The molecule has 0 atom stereocenters. The summed E-state index contributed by atoms with van der Waals surface area (Å²) in [4.78, 5) is 31.3. The Morgan fingerprint density at radius 2 is 2.10 bits per heavy atom. The van der Waals surface area contributed by atoms with Gasteiger partial charge in [-0.1, -0.05) is 0 Å². The minimum Gasteiger partial charge on any atom is -0.480 e. The zero-order valence-electron chi connectivity index (χ0n) is 12.5. The molecule has 0 amide bonds. The van der Waals surface area contributed by atoms with Crippen LogP contribution in [0.15, 0.2) is 17.2 Å². The number of carbonyl (C=O) groups is 1. The summed E-state index contributed by atoms with van der Waals surface area (Å²) in [6, 6.07) is 0.0923. The maximum atomic E-state index is 12.4. The molecule has 0 radical (unpaired) electrons. The maximum Gasteiger partial charge on any atom is 0.317 e. The standard InChI is InChI=1S/C14H22N4O3/c1-11(2)18-7-4-15-13(14(18)21)17-6-3-5-16(8-9-17)10-12(19)20/h4,7,11H,3,5-6,8-10H2,1-2H3,(H,19,20). The van der Waals surface area contributed by atoms with E-state index in [0.29, 0.717) is 18.9 Å². The summed E-state index contributed by atoms with van der Waals surface area (Å²) >= 11 is 0. The van der Waals surface area contributed by atoms with Gasteiger partial charge in [-0.15, -0.1) is 0 Å². The lowest BCUT2D eigenvalue weighted by Gasteiger charge is -2.22. The Morgan fingerprint density at radius 3 is 2.76 bits per heavy atom. The molecule has 0 saturated carbocycles. The number of hydrogen-bond donors (Lipinski definition) is 1. The highest BCUT2D eigenvalue weighted by molar-refractivity contribution is 5.69. The average molecular weight is 294 g/mol. The van der Waals surface area contributed by atoms with E-state index in [-0.39, 0.29) is 18.1 Å². The first-order valence-corrected chi connectivity index (χ1v) is 7.25. The van der Waals surface area contributed by atoms with Gasteiger partial charge in [0, 0.05) is 44.6 Å². The Kier molecular flexibility index (Phi) is 4.95. The molecule has 0 aromatic carbocycles. The number of rotatable bonds is 4. The van der Waals surface area contributed by atoms with Gasteiger partial charge in [-0.3, -0.25) is 14.5 Å². The predicted molar refractivity (Wildman–Crippen MR) is 79.8 cm³/mol. The van der Waals surface area contributed by atoms with Gasteiger partial charge in [0.1, 0.15) is 0 Å². The van der Waals surface area contributed by atoms with Crippen molar-refractivity contribution in [3.8, 4) is 0 Å². The summed E-state index contributed by atoms with van der Waals surface area (Å²) in [7, 11) is 0. The Balaban J connectivity index is 2.14. The van der Waals surface area contributed by atoms with Gasteiger partial charge >= 0.3 is 5.97 Å². The normalized spacial score (nSPS) is 17.0. The number of hydrogen-bond acceptors (Lipinski definition) is 5. The lowest BCUT2D eigenvalue weighted by molar-refractivity contribution is -0.138. The van der Waals surface area contributed by atoms with E-state index in [0.717, 1.165) is 19.5 Å². The molecule has 0 spiro atoms. The second-order valence-corrected chi connectivity index (χ2v) is 5.57. The fourth-order valence-corrected chi connectivity index (χ4v) is 2.57. The van der Waals surface area contributed by atoms with Crippen LogP contribution in [0.25, 0.3) is 0 Å². The topological polar surface area (TPSA) is 78.7 Å². The highest BCUT2D eigenvalue weighted by Crippen LogP contribution is 2.10. The van der Waals surface area contributed by atoms with E-state index in [1.165, 1.54) is 0 Å².